The molecule has 3 atom stereocenters. The van der Waals surface area contributed by atoms with E-state index in [4.69, 9.17) is 1.41 Å². The van der Waals surface area contributed by atoms with Gasteiger partial charge in [0.1, 0.15) is 7.20 Å². The highest BCUT2D eigenvalue weighted by Crippen LogP contribution is 2.22. The fraction of sp³-hybridized carbons (Fsp3) is 0.700. The molecule has 68 valence electrons. The molecule has 0 amide bonds. The number of nitrogens with one attached hydrogen (secondary N) is 1. The predicted octanol–water partition coefficient (Wildman–Crippen LogP) is 1.52. The van der Waals surface area contributed by atoms with Crippen LogP contribution in [0.2, 0.25) is 1.41 Å². The molecule has 0 saturated carbocycles. The lowest BCUT2D eigenvalue weighted by atomic mass is 9.98. The summed E-state index contributed by atoms with van der Waals surface area (Å²) in [5.74, 6) is 0.526. The average Bonchev–Trinajstić information content (AvgIpc) is 2.32. The van der Waals surface area contributed by atoms with Crippen molar-refractivity contribution in [3.63, 3.8) is 0 Å². The van der Waals surface area contributed by atoms with Crippen LogP contribution in [0.5, 0.6) is 0 Å². The number of carbonyl (C=O) groups is 1. The Morgan fingerprint density at radius 1 is 1.92 bits per heavy atom. The van der Waals surface area contributed by atoms with E-state index < -0.39 is 0 Å². The maximum atomic E-state index is 11.2. The second-order valence-electron chi connectivity index (χ2n) is 3.58. The molecule has 0 aromatic rings. The van der Waals surface area contributed by atoms with Crippen molar-refractivity contribution in [3.05, 3.63) is 12.7 Å². The van der Waals surface area contributed by atoms with E-state index in [1.807, 2.05) is 6.08 Å². The minimum atomic E-state index is -0.194. The average molecular weight is 168 g/mol. The lowest BCUT2D eigenvalue weighted by molar-refractivity contribution is -0.118. The van der Waals surface area contributed by atoms with E-state index in [0.29, 0.717) is 5.92 Å². The first-order chi connectivity index (χ1) is 6.07. The summed E-state index contributed by atoms with van der Waals surface area (Å²) in [6.45, 7) is 7.33. The molecule has 1 heterocycles. The molecule has 1 fully saturated rings. The maximum absolute atomic E-state index is 11.2. The largest absolute Gasteiger partial charge is 0.304 e. The van der Waals surface area contributed by atoms with E-state index in [1.54, 1.807) is 6.92 Å². The summed E-state index contributed by atoms with van der Waals surface area (Å²) in [6, 6.07) is -0.0219. The molecular weight excluding hydrogens is 150 g/mol. The van der Waals surface area contributed by atoms with E-state index in [0.717, 1.165) is 12.8 Å². The van der Waals surface area contributed by atoms with E-state index in [2.05, 4.69) is 13.5 Å². The second kappa shape index (κ2) is 3.85. The molecular formula is C10H17NO. The third-order valence-electron chi connectivity index (χ3n) is 2.50. The van der Waals surface area contributed by atoms with Crippen LogP contribution in [0.25, 0.3) is 0 Å². The van der Waals surface area contributed by atoms with Gasteiger partial charge in [0.15, 0.2) is 0 Å². The molecule has 0 aromatic heterocycles. The standard InChI is InChI=1S/C10H17NO/c1-4-5-9-7(2)6-10(11-9)8(3)12/h4,7,9-11H,1,5-6H2,2-3H3/t7?,9?,10-/m0/s1/i/hD. The Balaban J connectivity index is 2.68. The molecule has 1 saturated heterocycles. The van der Waals surface area contributed by atoms with Gasteiger partial charge < -0.3 is 5.31 Å². The van der Waals surface area contributed by atoms with Gasteiger partial charge in [0.2, 0.25) is 0 Å². The summed E-state index contributed by atoms with van der Waals surface area (Å²) in [4.78, 5) is 11.2. The van der Waals surface area contributed by atoms with Crippen molar-refractivity contribution < 1.29 is 6.21 Å². The number of rotatable bonds is 3. The summed E-state index contributed by atoms with van der Waals surface area (Å²) in [5, 5.41) is 1.45. The quantitative estimate of drug-likeness (QED) is 0.647. The Bertz CT molecular complexity index is 217. The van der Waals surface area contributed by atoms with Crippen molar-refractivity contribution >= 4 is 5.78 Å². The summed E-state index contributed by atoms with van der Waals surface area (Å²) in [5.41, 5.74) is 0. The van der Waals surface area contributed by atoms with Crippen molar-refractivity contribution in [2.45, 2.75) is 38.8 Å². The highest BCUT2D eigenvalue weighted by Gasteiger charge is 2.31. The number of ketones is 1. The molecule has 2 nitrogen and oxygen atoms in total. The molecule has 1 aliphatic rings. The predicted molar refractivity (Wildman–Crippen MR) is 50.0 cm³/mol. The Labute approximate surface area is 75.5 Å². The number of carbonyl (C=O) groups excluding carboxylic acids is 1. The molecule has 1 aliphatic heterocycles. The third-order valence-corrected chi connectivity index (χ3v) is 2.50. The smallest absolute Gasteiger partial charge is 0.146 e. The van der Waals surface area contributed by atoms with Crippen molar-refractivity contribution in [3.8, 4) is 0 Å². The van der Waals surface area contributed by atoms with Gasteiger partial charge in [0, 0.05) is 6.04 Å². The minimum absolute atomic E-state index is 0.105. The fourth-order valence-electron chi connectivity index (χ4n) is 1.68. The lowest BCUT2D eigenvalue weighted by Gasteiger charge is -2.12. The van der Waals surface area contributed by atoms with Gasteiger partial charge in [0.25, 0.3) is 0 Å². The SMILES string of the molecule is [2H]N1C(CC=C)C(C)C[C@H]1C(C)=O. The van der Waals surface area contributed by atoms with Crippen LogP contribution in [-0.2, 0) is 4.79 Å². The van der Waals surface area contributed by atoms with Gasteiger partial charge in [-0.15, -0.1) is 6.58 Å². The maximum Gasteiger partial charge on any atom is 0.146 e. The fourth-order valence-corrected chi connectivity index (χ4v) is 1.68. The highest BCUT2D eigenvalue weighted by atomic mass is 16.1. The van der Waals surface area contributed by atoms with E-state index in [1.165, 1.54) is 5.31 Å². The van der Waals surface area contributed by atoms with Crippen LogP contribution in [0, 0.1) is 5.92 Å². The molecule has 0 bridgehead atoms. The van der Waals surface area contributed by atoms with Gasteiger partial charge in [-0.25, -0.2) is 0 Å². The first kappa shape index (κ1) is 7.99. The first-order valence-electron chi connectivity index (χ1n) is 4.91. The molecule has 0 aromatic carbocycles. The van der Waals surface area contributed by atoms with E-state index in [9.17, 15) is 4.79 Å². The molecule has 12 heavy (non-hydrogen) atoms. The van der Waals surface area contributed by atoms with Crippen LogP contribution in [0.1, 0.15) is 26.7 Å². The number of hydrogen-bond acceptors (Lipinski definition) is 2. The van der Waals surface area contributed by atoms with Crippen molar-refractivity contribution in [1.29, 1.82) is 0 Å². The van der Waals surface area contributed by atoms with Gasteiger partial charge in [0.05, 0.1) is 6.04 Å². The highest BCUT2D eigenvalue weighted by molar-refractivity contribution is 5.81. The lowest BCUT2D eigenvalue weighted by Crippen LogP contribution is -2.34. The molecule has 0 spiro atoms. The zero-order valence-corrected chi connectivity index (χ0v) is 7.79. The van der Waals surface area contributed by atoms with Gasteiger partial charge in [-0.05, 0) is 25.7 Å². The summed E-state index contributed by atoms with van der Waals surface area (Å²) < 4.78 is 7.78. The molecule has 0 aliphatic carbocycles. The van der Waals surface area contributed by atoms with Crippen molar-refractivity contribution in [2.75, 3.05) is 0 Å². The number of Topliss-reactive ketones (excluding diaryl/α,β-unsaturated/α-hetero) is 1. The topological polar surface area (TPSA) is 29.1 Å². The Morgan fingerprint density at radius 2 is 2.58 bits per heavy atom. The Morgan fingerprint density at radius 3 is 3.00 bits per heavy atom. The van der Waals surface area contributed by atoms with Crippen molar-refractivity contribution in [1.82, 2.24) is 5.31 Å². The molecule has 1 N–H and O–H groups in total. The number of hydrogen-bond donors (Lipinski definition) is 1. The van der Waals surface area contributed by atoms with Gasteiger partial charge in [-0.1, -0.05) is 13.0 Å². The van der Waals surface area contributed by atoms with Crippen LogP contribution in [0.3, 0.4) is 0 Å². The summed E-state index contributed by atoms with van der Waals surface area (Å²) in [6.07, 6.45) is 3.44. The third kappa shape index (κ3) is 1.95. The molecule has 1 rings (SSSR count). The van der Waals surface area contributed by atoms with Crippen molar-refractivity contribution in [2.24, 2.45) is 5.92 Å². The van der Waals surface area contributed by atoms with Crippen LogP contribution >= 0.6 is 0 Å². The molecule has 2 unspecified atom stereocenters. The normalized spacial score (nSPS) is 37.8. The molecule has 2 heteroatoms. The second-order valence-corrected chi connectivity index (χ2v) is 3.58. The first-order valence-corrected chi connectivity index (χ1v) is 4.46. The van der Waals surface area contributed by atoms with Crippen LogP contribution in [-0.4, -0.2) is 17.9 Å². The minimum Gasteiger partial charge on any atom is -0.304 e. The van der Waals surface area contributed by atoms with E-state index >= 15 is 0 Å². The monoisotopic (exact) mass is 168 g/mol. The summed E-state index contributed by atoms with van der Waals surface area (Å²) in [7, 11) is 0. The Kier molecular flexibility index (Phi) is 2.57. The van der Waals surface area contributed by atoms with Crippen LogP contribution < -0.4 is 5.31 Å². The van der Waals surface area contributed by atoms with Gasteiger partial charge in [-0.3, -0.25) is 4.79 Å². The molecule has 0 radical (unpaired) electrons. The zero-order valence-electron chi connectivity index (χ0n) is 8.79. The van der Waals surface area contributed by atoms with Gasteiger partial charge >= 0.3 is 0 Å². The Hall–Kier alpha value is -0.630. The zero-order chi connectivity index (χ0) is 10.0. The summed E-state index contributed by atoms with van der Waals surface area (Å²) >= 11 is 0. The van der Waals surface area contributed by atoms with Crippen LogP contribution in [0.15, 0.2) is 12.7 Å². The van der Waals surface area contributed by atoms with E-state index in [-0.39, 0.29) is 17.9 Å². The van der Waals surface area contributed by atoms with Gasteiger partial charge in [-0.2, -0.15) is 0 Å². The van der Waals surface area contributed by atoms with Crippen LogP contribution in [0.4, 0.5) is 0 Å².